The molecule has 0 spiro atoms. The molecule has 0 radical (unpaired) electrons. The number of benzene rings is 1. The predicted octanol–water partition coefficient (Wildman–Crippen LogP) is 1.66. The lowest BCUT2D eigenvalue weighted by atomic mass is 10.1. The molecule has 1 heterocycles. The van der Waals surface area contributed by atoms with Gasteiger partial charge in [-0.15, -0.1) is 0 Å². The molecule has 3 rings (SSSR count). The fourth-order valence-electron chi connectivity index (χ4n) is 2.44. The second kappa shape index (κ2) is 2.88. The summed E-state index contributed by atoms with van der Waals surface area (Å²) < 4.78 is 0. The number of nitrogens with zero attached hydrogens (tertiary/aromatic N) is 1. The van der Waals surface area contributed by atoms with E-state index in [1.54, 1.807) is 18.2 Å². The van der Waals surface area contributed by atoms with Crippen molar-refractivity contribution in [2.75, 3.05) is 5.73 Å². The molecular weight excluding hydrogens is 216 g/mol. The van der Waals surface area contributed by atoms with E-state index in [0.29, 0.717) is 16.8 Å². The fourth-order valence-corrected chi connectivity index (χ4v) is 2.44. The third-order valence-electron chi connectivity index (χ3n) is 3.72. The number of carbonyl (C=O) groups excluding carboxylic acids is 2. The molecule has 2 N–H and O–H groups in total. The van der Waals surface area contributed by atoms with E-state index in [0.717, 1.165) is 6.42 Å². The van der Waals surface area contributed by atoms with Gasteiger partial charge in [-0.3, -0.25) is 14.5 Å². The van der Waals surface area contributed by atoms with Crippen LogP contribution in [0.1, 0.15) is 41.0 Å². The van der Waals surface area contributed by atoms with Crippen LogP contribution < -0.4 is 5.73 Å². The molecule has 0 saturated heterocycles. The Morgan fingerprint density at radius 1 is 1.24 bits per heavy atom. The fraction of sp³-hybridized carbons (Fsp3) is 0.385. The van der Waals surface area contributed by atoms with E-state index in [1.807, 2.05) is 0 Å². The Labute approximate surface area is 99.4 Å². The number of nitrogens with two attached hydrogens (primary N) is 1. The summed E-state index contributed by atoms with van der Waals surface area (Å²) in [7, 11) is 0. The minimum Gasteiger partial charge on any atom is -0.399 e. The van der Waals surface area contributed by atoms with Crippen molar-refractivity contribution in [3.63, 3.8) is 0 Å². The maximum atomic E-state index is 12.2. The Balaban J connectivity index is 2.04. The van der Waals surface area contributed by atoms with Gasteiger partial charge in [0.05, 0.1) is 11.1 Å². The molecule has 4 heteroatoms. The molecule has 2 amide bonds. The Morgan fingerprint density at radius 3 is 2.41 bits per heavy atom. The Kier molecular flexibility index (Phi) is 1.75. The van der Waals surface area contributed by atoms with E-state index in [1.165, 1.54) is 4.90 Å². The van der Waals surface area contributed by atoms with E-state index in [4.69, 9.17) is 5.73 Å². The van der Waals surface area contributed by atoms with Gasteiger partial charge in [0.1, 0.15) is 0 Å². The van der Waals surface area contributed by atoms with Gasteiger partial charge in [-0.05, 0) is 30.0 Å². The van der Waals surface area contributed by atoms with E-state index >= 15 is 0 Å². The first-order valence-corrected chi connectivity index (χ1v) is 5.69. The lowest BCUT2D eigenvalue weighted by molar-refractivity contribution is 0.0624. The van der Waals surface area contributed by atoms with Gasteiger partial charge in [0, 0.05) is 11.7 Å². The summed E-state index contributed by atoms with van der Waals surface area (Å²) in [5.74, 6) is -0.381. The number of anilines is 1. The highest BCUT2D eigenvalue weighted by atomic mass is 16.2. The highest BCUT2D eigenvalue weighted by molar-refractivity contribution is 6.22. The molecule has 1 saturated carbocycles. The molecule has 1 atom stereocenters. The molecule has 1 fully saturated rings. The molecule has 17 heavy (non-hydrogen) atoms. The van der Waals surface area contributed by atoms with Crippen molar-refractivity contribution in [2.45, 2.75) is 26.3 Å². The monoisotopic (exact) mass is 230 g/mol. The van der Waals surface area contributed by atoms with Crippen molar-refractivity contribution in [3.05, 3.63) is 29.3 Å². The van der Waals surface area contributed by atoms with Gasteiger partial charge in [-0.2, -0.15) is 0 Å². The van der Waals surface area contributed by atoms with Crippen LogP contribution in [0.25, 0.3) is 0 Å². The van der Waals surface area contributed by atoms with Crippen molar-refractivity contribution in [1.29, 1.82) is 0 Å². The van der Waals surface area contributed by atoms with Crippen molar-refractivity contribution < 1.29 is 9.59 Å². The lowest BCUT2D eigenvalue weighted by Crippen LogP contribution is -2.34. The van der Waals surface area contributed by atoms with Gasteiger partial charge in [-0.1, -0.05) is 13.8 Å². The van der Waals surface area contributed by atoms with E-state index in [-0.39, 0.29) is 23.3 Å². The average Bonchev–Trinajstić information content (AvgIpc) is 2.79. The van der Waals surface area contributed by atoms with Crippen molar-refractivity contribution in [3.8, 4) is 0 Å². The first kappa shape index (κ1) is 10.3. The SMILES string of the molecule is CC1(C)CC1N1C(=O)c2ccc(N)cc2C1=O. The zero-order valence-corrected chi connectivity index (χ0v) is 9.86. The summed E-state index contributed by atoms with van der Waals surface area (Å²) >= 11 is 0. The Bertz CT molecular complexity index is 548. The molecule has 1 aromatic rings. The van der Waals surface area contributed by atoms with Gasteiger partial charge < -0.3 is 5.73 Å². The molecule has 1 aromatic carbocycles. The van der Waals surface area contributed by atoms with Crippen LogP contribution in [0.5, 0.6) is 0 Å². The number of hydrogen-bond donors (Lipinski definition) is 1. The topological polar surface area (TPSA) is 63.4 Å². The molecule has 1 unspecified atom stereocenters. The maximum absolute atomic E-state index is 12.2. The highest BCUT2D eigenvalue weighted by Gasteiger charge is 2.55. The number of rotatable bonds is 1. The first-order valence-electron chi connectivity index (χ1n) is 5.69. The summed E-state index contributed by atoms with van der Waals surface area (Å²) in [6.45, 7) is 4.13. The number of amides is 2. The number of fused-ring (bicyclic) bond motifs is 1. The predicted molar refractivity (Wildman–Crippen MR) is 63.5 cm³/mol. The van der Waals surface area contributed by atoms with Crippen molar-refractivity contribution >= 4 is 17.5 Å². The Morgan fingerprint density at radius 2 is 1.82 bits per heavy atom. The molecule has 2 aliphatic rings. The van der Waals surface area contributed by atoms with Gasteiger partial charge in [0.25, 0.3) is 11.8 Å². The van der Waals surface area contributed by atoms with Crippen LogP contribution >= 0.6 is 0 Å². The summed E-state index contributed by atoms with van der Waals surface area (Å²) in [6.07, 6.45) is 0.883. The molecular formula is C13H14N2O2. The molecule has 0 bridgehead atoms. The molecule has 1 aliphatic carbocycles. The first-order chi connectivity index (χ1) is 7.92. The van der Waals surface area contributed by atoms with Gasteiger partial charge in [-0.25, -0.2) is 0 Å². The third-order valence-corrected chi connectivity index (χ3v) is 3.72. The Hall–Kier alpha value is -1.84. The van der Waals surface area contributed by atoms with Gasteiger partial charge >= 0.3 is 0 Å². The van der Waals surface area contributed by atoms with Crippen LogP contribution in [0.2, 0.25) is 0 Å². The number of hydrogen-bond acceptors (Lipinski definition) is 3. The minimum atomic E-state index is -0.201. The van der Waals surface area contributed by atoms with Crippen LogP contribution in [0.3, 0.4) is 0 Å². The molecule has 1 aliphatic heterocycles. The molecule has 4 nitrogen and oxygen atoms in total. The second-order valence-electron chi connectivity index (χ2n) is 5.49. The van der Waals surface area contributed by atoms with Crippen LogP contribution in [-0.4, -0.2) is 22.8 Å². The van der Waals surface area contributed by atoms with Crippen molar-refractivity contribution in [1.82, 2.24) is 4.90 Å². The third kappa shape index (κ3) is 1.30. The summed E-state index contributed by atoms with van der Waals surface area (Å²) in [5, 5.41) is 0. The van der Waals surface area contributed by atoms with Crippen molar-refractivity contribution in [2.24, 2.45) is 5.41 Å². The van der Waals surface area contributed by atoms with Crippen LogP contribution in [-0.2, 0) is 0 Å². The number of imide groups is 1. The molecule has 88 valence electrons. The maximum Gasteiger partial charge on any atom is 0.261 e. The minimum absolute atomic E-state index is 0.0381. The highest BCUT2D eigenvalue weighted by Crippen LogP contribution is 2.50. The normalized spacial score (nSPS) is 25.1. The summed E-state index contributed by atoms with van der Waals surface area (Å²) in [5.41, 5.74) is 7.14. The quantitative estimate of drug-likeness (QED) is 0.589. The average molecular weight is 230 g/mol. The summed E-state index contributed by atoms with van der Waals surface area (Å²) in [6, 6.07) is 4.92. The number of nitrogen functional groups attached to an aromatic ring is 1. The van der Waals surface area contributed by atoms with Crippen LogP contribution in [0, 0.1) is 5.41 Å². The standard InChI is InChI=1S/C13H14N2O2/c1-13(2)6-10(13)15-11(16)8-4-3-7(14)5-9(8)12(15)17/h3-5,10H,6,14H2,1-2H3. The van der Waals surface area contributed by atoms with Gasteiger partial charge in [0.15, 0.2) is 0 Å². The molecule has 0 aromatic heterocycles. The summed E-state index contributed by atoms with van der Waals surface area (Å²) in [4.78, 5) is 25.7. The van der Waals surface area contributed by atoms with E-state index in [2.05, 4.69) is 13.8 Å². The largest absolute Gasteiger partial charge is 0.399 e. The lowest BCUT2D eigenvalue weighted by Gasteiger charge is -2.15. The second-order valence-corrected chi connectivity index (χ2v) is 5.49. The smallest absolute Gasteiger partial charge is 0.261 e. The zero-order valence-electron chi connectivity index (χ0n) is 9.86. The van der Waals surface area contributed by atoms with Crippen LogP contribution in [0.15, 0.2) is 18.2 Å². The number of carbonyl (C=O) groups is 2. The van der Waals surface area contributed by atoms with Crippen LogP contribution in [0.4, 0.5) is 5.69 Å². The zero-order chi connectivity index (χ0) is 12.4. The van der Waals surface area contributed by atoms with Gasteiger partial charge in [0.2, 0.25) is 0 Å². The van der Waals surface area contributed by atoms with E-state index in [9.17, 15) is 9.59 Å². The van der Waals surface area contributed by atoms with E-state index < -0.39 is 0 Å².